The first-order valence-electron chi connectivity index (χ1n) is 11.0. The van der Waals surface area contributed by atoms with Crippen molar-refractivity contribution in [3.8, 4) is 11.5 Å². The molecule has 1 aliphatic rings. The number of nitrogens with one attached hydrogen (secondary N) is 1. The molecule has 9 heteroatoms. The summed E-state index contributed by atoms with van der Waals surface area (Å²) in [6.07, 6.45) is 1.53. The molecule has 0 radical (unpaired) electrons. The second-order valence-electron chi connectivity index (χ2n) is 8.62. The maximum Gasteiger partial charge on any atom is 0.273 e. The molecule has 2 amide bonds. The third-order valence-electron chi connectivity index (χ3n) is 6.21. The summed E-state index contributed by atoms with van der Waals surface area (Å²) in [5.41, 5.74) is 1.05. The molecule has 178 valence electrons. The van der Waals surface area contributed by atoms with Crippen molar-refractivity contribution in [1.29, 1.82) is 0 Å². The molecule has 3 heterocycles. The van der Waals surface area contributed by atoms with E-state index in [0.29, 0.717) is 22.2 Å². The Morgan fingerprint density at radius 3 is 2.66 bits per heavy atom. The Bertz CT molecular complexity index is 1380. The van der Waals surface area contributed by atoms with Crippen LogP contribution in [0.4, 0.5) is 4.39 Å². The van der Waals surface area contributed by atoms with E-state index in [4.69, 9.17) is 16.0 Å². The fourth-order valence-corrected chi connectivity index (χ4v) is 4.40. The van der Waals surface area contributed by atoms with Crippen molar-refractivity contribution in [2.24, 2.45) is 0 Å². The second kappa shape index (κ2) is 9.03. The molecule has 1 N–H and O–H groups in total. The van der Waals surface area contributed by atoms with Crippen LogP contribution in [0.5, 0.6) is 0 Å². The van der Waals surface area contributed by atoms with Crippen molar-refractivity contribution < 1.29 is 18.4 Å². The molecule has 0 fully saturated rings. The van der Waals surface area contributed by atoms with Crippen molar-refractivity contribution >= 4 is 23.4 Å². The molecule has 1 atom stereocenters. The van der Waals surface area contributed by atoms with E-state index in [-0.39, 0.29) is 37.3 Å². The quantitative estimate of drug-likeness (QED) is 0.424. The lowest BCUT2D eigenvalue weighted by molar-refractivity contribution is -0.133. The molecule has 0 saturated carbocycles. The number of hydrogen-bond donors (Lipinski definition) is 1. The van der Waals surface area contributed by atoms with Crippen molar-refractivity contribution in [2.45, 2.75) is 32.1 Å². The van der Waals surface area contributed by atoms with Gasteiger partial charge in [-0.15, -0.1) is 0 Å². The smallest absolute Gasteiger partial charge is 0.273 e. The zero-order chi connectivity index (χ0) is 24.6. The maximum absolute atomic E-state index is 13.7. The summed E-state index contributed by atoms with van der Waals surface area (Å²) in [7, 11) is 0. The molecular weight excluding hydrogens is 471 g/mol. The third kappa shape index (κ3) is 4.33. The number of carbonyl (C=O) groups excluding carboxylic acids is 2. The van der Waals surface area contributed by atoms with Crippen LogP contribution in [-0.4, -0.2) is 32.0 Å². The Morgan fingerprint density at radius 1 is 1.17 bits per heavy atom. The van der Waals surface area contributed by atoms with Gasteiger partial charge in [-0.3, -0.25) is 14.3 Å². The van der Waals surface area contributed by atoms with Crippen LogP contribution in [-0.2, 0) is 24.4 Å². The zero-order valence-electron chi connectivity index (χ0n) is 18.9. The van der Waals surface area contributed by atoms with Gasteiger partial charge in [0.1, 0.15) is 22.7 Å². The third-order valence-corrected chi connectivity index (χ3v) is 6.58. The average molecular weight is 493 g/mol. The molecule has 2 aromatic heterocycles. The van der Waals surface area contributed by atoms with Crippen LogP contribution in [0, 0.1) is 5.82 Å². The van der Waals surface area contributed by atoms with Crippen LogP contribution in [0.3, 0.4) is 0 Å². The van der Waals surface area contributed by atoms with Gasteiger partial charge >= 0.3 is 0 Å². The molecular formula is C26H22ClFN4O3. The highest BCUT2D eigenvalue weighted by molar-refractivity contribution is 6.31. The normalized spacial score (nSPS) is 17.3. The molecule has 0 spiro atoms. The van der Waals surface area contributed by atoms with Crippen LogP contribution in [0.15, 0.2) is 77.4 Å². The van der Waals surface area contributed by atoms with Gasteiger partial charge in [0.05, 0.1) is 12.8 Å². The number of hydrogen-bond acceptors (Lipinski definition) is 4. The number of furan rings is 1. The monoisotopic (exact) mass is 492 g/mol. The van der Waals surface area contributed by atoms with Gasteiger partial charge in [0, 0.05) is 24.2 Å². The summed E-state index contributed by atoms with van der Waals surface area (Å²) >= 11 is 6.39. The summed E-state index contributed by atoms with van der Waals surface area (Å²) in [5.74, 6) is -0.530. The summed E-state index contributed by atoms with van der Waals surface area (Å²) < 4.78 is 20.2. The van der Waals surface area contributed by atoms with Crippen LogP contribution >= 0.6 is 11.6 Å². The van der Waals surface area contributed by atoms with E-state index in [9.17, 15) is 14.0 Å². The Hall–Kier alpha value is -3.91. The largest absolute Gasteiger partial charge is 0.463 e. The zero-order valence-corrected chi connectivity index (χ0v) is 19.6. The van der Waals surface area contributed by atoms with Crippen molar-refractivity contribution in [3.63, 3.8) is 0 Å². The molecule has 0 saturated heterocycles. The molecule has 35 heavy (non-hydrogen) atoms. The topological polar surface area (TPSA) is 80.4 Å². The van der Waals surface area contributed by atoms with E-state index in [0.717, 1.165) is 11.1 Å². The van der Waals surface area contributed by atoms with E-state index in [1.807, 2.05) is 18.2 Å². The van der Waals surface area contributed by atoms with E-state index in [1.165, 1.54) is 23.3 Å². The van der Waals surface area contributed by atoms with Crippen LogP contribution in [0.2, 0.25) is 5.02 Å². The highest BCUT2D eigenvalue weighted by Crippen LogP contribution is 2.32. The predicted octanol–water partition coefficient (Wildman–Crippen LogP) is 4.67. The number of halogens is 2. The lowest BCUT2D eigenvalue weighted by atomic mass is 9.94. The lowest BCUT2D eigenvalue weighted by Gasteiger charge is -2.43. The number of benzene rings is 2. The molecule has 1 unspecified atom stereocenters. The number of aromatic nitrogens is 2. The minimum atomic E-state index is -1.27. The van der Waals surface area contributed by atoms with E-state index in [1.54, 1.807) is 48.0 Å². The average Bonchev–Trinajstić information content (AvgIpc) is 3.52. The number of rotatable bonds is 6. The first kappa shape index (κ1) is 22.9. The first-order valence-corrected chi connectivity index (χ1v) is 11.4. The Balaban J connectivity index is 1.49. The predicted molar refractivity (Wildman–Crippen MR) is 128 cm³/mol. The van der Waals surface area contributed by atoms with Crippen molar-refractivity contribution in [2.75, 3.05) is 0 Å². The van der Waals surface area contributed by atoms with Gasteiger partial charge in [0.25, 0.3) is 5.91 Å². The Labute approximate surface area is 206 Å². The molecule has 0 bridgehead atoms. The van der Waals surface area contributed by atoms with Gasteiger partial charge in [-0.2, -0.15) is 5.10 Å². The summed E-state index contributed by atoms with van der Waals surface area (Å²) in [5, 5.41) is 7.94. The number of carbonyl (C=O) groups is 2. The first-order chi connectivity index (χ1) is 16.8. The fourth-order valence-electron chi connectivity index (χ4n) is 4.21. The SMILES string of the molecule is CC1(C(=O)NCc2ccc(F)cc2)Cn2nc(-c3ccco3)cc2C(=O)N1Cc1ccccc1Cl. The van der Waals surface area contributed by atoms with Gasteiger partial charge in [-0.1, -0.05) is 41.9 Å². The van der Waals surface area contributed by atoms with E-state index >= 15 is 0 Å². The van der Waals surface area contributed by atoms with E-state index < -0.39 is 5.54 Å². The van der Waals surface area contributed by atoms with E-state index in [2.05, 4.69) is 10.4 Å². The maximum atomic E-state index is 13.7. The molecule has 5 rings (SSSR count). The highest BCUT2D eigenvalue weighted by atomic mass is 35.5. The molecule has 7 nitrogen and oxygen atoms in total. The lowest BCUT2D eigenvalue weighted by Crippen LogP contribution is -2.63. The van der Waals surface area contributed by atoms with Crippen LogP contribution < -0.4 is 5.32 Å². The summed E-state index contributed by atoms with van der Waals surface area (Å²) in [6.45, 7) is 2.17. The standard InChI is InChI=1S/C26H22ClFN4O3/c1-26(25(34)29-14-17-8-10-19(28)11-9-17)16-32-22(13-21(30-32)23-7-4-12-35-23)24(33)31(26)15-18-5-2-3-6-20(18)27/h2-13H,14-16H2,1H3,(H,29,34). The van der Waals surface area contributed by atoms with Gasteiger partial charge in [0.15, 0.2) is 5.76 Å². The Morgan fingerprint density at radius 2 is 1.94 bits per heavy atom. The number of nitrogens with zero attached hydrogens (tertiary/aromatic N) is 3. The summed E-state index contributed by atoms with van der Waals surface area (Å²) in [4.78, 5) is 28.8. The molecule has 0 aliphatic carbocycles. The Kier molecular flexibility index (Phi) is 5.90. The van der Waals surface area contributed by atoms with Crippen LogP contribution in [0.1, 0.15) is 28.5 Å². The molecule has 4 aromatic rings. The van der Waals surface area contributed by atoms with Crippen LogP contribution in [0.25, 0.3) is 11.5 Å². The van der Waals surface area contributed by atoms with Gasteiger partial charge in [-0.25, -0.2) is 4.39 Å². The van der Waals surface area contributed by atoms with Crippen molar-refractivity contribution in [1.82, 2.24) is 20.0 Å². The second-order valence-corrected chi connectivity index (χ2v) is 9.02. The highest BCUT2D eigenvalue weighted by Gasteiger charge is 2.48. The minimum absolute atomic E-state index is 0.133. The minimum Gasteiger partial charge on any atom is -0.463 e. The number of fused-ring (bicyclic) bond motifs is 1. The number of amides is 2. The van der Waals surface area contributed by atoms with Gasteiger partial charge in [0.2, 0.25) is 5.91 Å². The fraction of sp³-hybridized carbons (Fsp3) is 0.192. The molecule has 2 aromatic carbocycles. The molecule has 1 aliphatic heterocycles. The van der Waals surface area contributed by atoms with Crippen molar-refractivity contribution in [3.05, 3.63) is 101 Å². The van der Waals surface area contributed by atoms with Gasteiger partial charge < -0.3 is 14.6 Å². The van der Waals surface area contributed by atoms with Gasteiger partial charge in [-0.05, 0) is 48.4 Å². The summed E-state index contributed by atoms with van der Waals surface area (Å²) in [6, 6.07) is 18.3.